The molecule has 0 aliphatic carbocycles. The van der Waals surface area contributed by atoms with Crippen LogP contribution in [-0.2, 0) is 0 Å². The van der Waals surface area contributed by atoms with Gasteiger partial charge in [0.2, 0.25) is 0 Å². The Kier molecular flexibility index (Phi) is 2.88. The number of fused-ring (bicyclic) bond motifs is 1. The van der Waals surface area contributed by atoms with E-state index in [9.17, 15) is 19.7 Å². The zero-order chi connectivity index (χ0) is 14.2. The average Bonchev–Trinajstić information content (AvgIpc) is 2.35. The quantitative estimate of drug-likeness (QED) is 0.645. The van der Waals surface area contributed by atoms with Gasteiger partial charge in [-0.25, -0.2) is 9.59 Å². The number of hydrogen-bond donors (Lipinski definition) is 2. The molecule has 0 saturated heterocycles. The van der Waals surface area contributed by atoms with Gasteiger partial charge in [0, 0.05) is 6.07 Å². The Labute approximate surface area is 105 Å². The maximum atomic E-state index is 11.2. The zero-order valence-electron chi connectivity index (χ0n) is 9.36. The molecule has 2 aromatic carbocycles. The highest BCUT2D eigenvalue weighted by atomic mass is 16.6. The van der Waals surface area contributed by atoms with Crippen LogP contribution in [0.4, 0.5) is 5.69 Å². The number of carbonyl (C=O) groups is 2. The first-order valence-electron chi connectivity index (χ1n) is 5.10. The van der Waals surface area contributed by atoms with Gasteiger partial charge >= 0.3 is 11.9 Å². The fourth-order valence-electron chi connectivity index (χ4n) is 1.91. The van der Waals surface area contributed by atoms with E-state index < -0.39 is 33.7 Å². The molecule has 0 amide bonds. The van der Waals surface area contributed by atoms with Gasteiger partial charge in [-0.15, -0.1) is 0 Å². The van der Waals surface area contributed by atoms with Crippen molar-refractivity contribution >= 4 is 28.4 Å². The maximum Gasteiger partial charge on any atom is 0.337 e. The van der Waals surface area contributed by atoms with Crippen LogP contribution in [0, 0.1) is 10.1 Å². The van der Waals surface area contributed by atoms with E-state index in [1.807, 2.05) is 0 Å². The minimum Gasteiger partial charge on any atom is -0.478 e. The summed E-state index contributed by atoms with van der Waals surface area (Å²) in [6.45, 7) is 0. The summed E-state index contributed by atoms with van der Waals surface area (Å²) in [5, 5.41) is 29.2. The van der Waals surface area contributed by atoms with E-state index in [4.69, 9.17) is 10.2 Å². The van der Waals surface area contributed by atoms with Gasteiger partial charge in [-0.1, -0.05) is 18.2 Å². The largest absolute Gasteiger partial charge is 0.478 e. The third kappa shape index (κ3) is 1.97. The minimum absolute atomic E-state index is 0.181. The normalized spacial score (nSPS) is 10.3. The molecule has 7 nitrogen and oxygen atoms in total. The van der Waals surface area contributed by atoms with Crippen LogP contribution in [0.2, 0.25) is 0 Å². The highest BCUT2D eigenvalue weighted by Crippen LogP contribution is 2.31. The second-order valence-electron chi connectivity index (χ2n) is 3.73. The van der Waals surface area contributed by atoms with E-state index >= 15 is 0 Å². The van der Waals surface area contributed by atoms with Crippen molar-refractivity contribution in [2.45, 2.75) is 0 Å². The summed E-state index contributed by atoms with van der Waals surface area (Å²) < 4.78 is 0. The first-order chi connectivity index (χ1) is 8.93. The molecule has 0 spiro atoms. The minimum atomic E-state index is -1.52. The molecule has 0 aliphatic rings. The van der Waals surface area contributed by atoms with Gasteiger partial charge in [-0.2, -0.15) is 0 Å². The summed E-state index contributed by atoms with van der Waals surface area (Å²) in [5.41, 5.74) is -1.48. The Hall–Kier alpha value is -2.96. The van der Waals surface area contributed by atoms with Gasteiger partial charge in [0.05, 0.1) is 21.4 Å². The number of carboxylic acids is 2. The molecular weight excluding hydrogens is 254 g/mol. The summed E-state index contributed by atoms with van der Waals surface area (Å²) in [6, 6.07) is 6.50. The molecule has 0 unspecified atom stereocenters. The SMILES string of the molecule is O=C(O)c1ccc2cccc([N+](=O)[O-])c2c1C(=O)O. The molecule has 2 N–H and O–H groups in total. The molecule has 0 radical (unpaired) electrons. The Morgan fingerprint density at radius 2 is 1.74 bits per heavy atom. The lowest BCUT2D eigenvalue weighted by atomic mass is 9.97. The fraction of sp³-hybridized carbons (Fsp3) is 0. The molecule has 0 aliphatic heterocycles. The molecule has 0 saturated carbocycles. The van der Waals surface area contributed by atoms with Crippen LogP contribution in [0.1, 0.15) is 20.7 Å². The highest BCUT2D eigenvalue weighted by Gasteiger charge is 2.24. The van der Waals surface area contributed by atoms with Gasteiger partial charge in [-0.05, 0) is 11.5 Å². The summed E-state index contributed by atoms with van der Waals surface area (Å²) in [5.74, 6) is -2.96. The molecular formula is C12H7NO6. The van der Waals surface area contributed by atoms with Crippen LogP contribution in [0.5, 0.6) is 0 Å². The smallest absolute Gasteiger partial charge is 0.337 e. The van der Waals surface area contributed by atoms with E-state index in [1.54, 1.807) is 0 Å². The summed E-state index contributed by atoms with van der Waals surface area (Å²) in [7, 11) is 0. The Morgan fingerprint density at radius 3 is 2.26 bits per heavy atom. The second-order valence-corrected chi connectivity index (χ2v) is 3.73. The topological polar surface area (TPSA) is 118 Å². The molecule has 7 heteroatoms. The van der Waals surface area contributed by atoms with Crippen molar-refractivity contribution < 1.29 is 24.7 Å². The summed E-state index contributed by atoms with van der Waals surface area (Å²) >= 11 is 0. The van der Waals surface area contributed by atoms with E-state index in [0.29, 0.717) is 5.39 Å². The number of nitro benzene ring substituents is 1. The number of rotatable bonds is 3. The summed E-state index contributed by atoms with van der Waals surface area (Å²) in [6.07, 6.45) is 0. The molecule has 0 aromatic heterocycles. The van der Waals surface area contributed by atoms with Crippen LogP contribution in [-0.4, -0.2) is 27.1 Å². The number of benzene rings is 2. The average molecular weight is 261 g/mol. The van der Waals surface area contributed by atoms with Gasteiger partial charge in [0.25, 0.3) is 5.69 Å². The maximum absolute atomic E-state index is 11.2. The van der Waals surface area contributed by atoms with Crippen molar-refractivity contribution in [2.75, 3.05) is 0 Å². The number of carboxylic acid groups (broad SMARTS) is 2. The first kappa shape index (κ1) is 12.5. The number of non-ortho nitro benzene ring substituents is 1. The van der Waals surface area contributed by atoms with Crippen LogP contribution in [0.15, 0.2) is 30.3 Å². The lowest BCUT2D eigenvalue weighted by molar-refractivity contribution is -0.383. The number of aromatic carboxylic acids is 2. The number of hydrogen-bond acceptors (Lipinski definition) is 4. The lowest BCUT2D eigenvalue weighted by Crippen LogP contribution is -2.09. The molecule has 96 valence electrons. The van der Waals surface area contributed by atoms with Gasteiger partial charge in [0.15, 0.2) is 0 Å². The van der Waals surface area contributed by atoms with E-state index in [0.717, 1.165) is 12.1 Å². The zero-order valence-corrected chi connectivity index (χ0v) is 9.36. The van der Waals surface area contributed by atoms with Crippen LogP contribution >= 0.6 is 0 Å². The third-order valence-corrected chi connectivity index (χ3v) is 2.66. The van der Waals surface area contributed by atoms with Crippen molar-refractivity contribution in [1.29, 1.82) is 0 Å². The lowest BCUT2D eigenvalue weighted by Gasteiger charge is -2.06. The second kappa shape index (κ2) is 4.37. The standard InChI is InChI=1S/C12H7NO6/c14-11(15)7-5-4-6-2-1-3-8(13(18)19)9(6)10(7)12(16)17/h1-5H,(H,14,15)(H,16,17). The molecule has 2 aromatic rings. The number of nitro groups is 1. The van der Waals surface area contributed by atoms with Gasteiger partial charge in [-0.3, -0.25) is 10.1 Å². The summed E-state index contributed by atoms with van der Waals surface area (Å²) in [4.78, 5) is 32.4. The Balaban J connectivity index is 3.02. The van der Waals surface area contributed by atoms with Crippen LogP contribution in [0.3, 0.4) is 0 Å². The molecule has 0 atom stereocenters. The van der Waals surface area contributed by atoms with Crippen molar-refractivity contribution in [3.63, 3.8) is 0 Å². The molecule has 2 rings (SSSR count). The van der Waals surface area contributed by atoms with Crippen molar-refractivity contribution in [1.82, 2.24) is 0 Å². The van der Waals surface area contributed by atoms with E-state index in [2.05, 4.69) is 0 Å². The monoisotopic (exact) mass is 261 g/mol. The van der Waals surface area contributed by atoms with E-state index in [-0.39, 0.29) is 5.39 Å². The molecule has 0 bridgehead atoms. The third-order valence-electron chi connectivity index (χ3n) is 2.66. The first-order valence-corrected chi connectivity index (χ1v) is 5.10. The Morgan fingerprint density at radius 1 is 1.05 bits per heavy atom. The molecule has 0 heterocycles. The van der Waals surface area contributed by atoms with Crippen LogP contribution in [0.25, 0.3) is 10.8 Å². The predicted octanol–water partition coefficient (Wildman–Crippen LogP) is 2.14. The highest BCUT2D eigenvalue weighted by molar-refractivity contribution is 6.14. The molecule has 0 fully saturated rings. The number of nitrogens with zero attached hydrogens (tertiary/aromatic N) is 1. The van der Waals surface area contributed by atoms with E-state index in [1.165, 1.54) is 18.2 Å². The van der Waals surface area contributed by atoms with Gasteiger partial charge in [0.1, 0.15) is 0 Å². The predicted molar refractivity (Wildman–Crippen MR) is 64.5 cm³/mol. The van der Waals surface area contributed by atoms with Crippen LogP contribution < -0.4 is 0 Å². The van der Waals surface area contributed by atoms with Crippen molar-refractivity contribution in [2.24, 2.45) is 0 Å². The van der Waals surface area contributed by atoms with Crippen molar-refractivity contribution in [3.05, 3.63) is 51.6 Å². The van der Waals surface area contributed by atoms with Crippen molar-refractivity contribution in [3.8, 4) is 0 Å². The van der Waals surface area contributed by atoms with Gasteiger partial charge < -0.3 is 10.2 Å². The molecule has 19 heavy (non-hydrogen) atoms. The Bertz CT molecular complexity index is 721. The fourth-order valence-corrected chi connectivity index (χ4v) is 1.91.